The first-order valence-electron chi connectivity index (χ1n) is 5.64. The maximum absolute atomic E-state index is 9.39. The smallest absolute Gasteiger partial charge is 0.0940 e. The number of hydrogen-bond acceptors (Lipinski definition) is 3. The second-order valence-electron chi connectivity index (χ2n) is 4.41. The number of aromatic nitrogens is 1. The molecule has 80 valence electrons. The maximum Gasteiger partial charge on any atom is 0.0940 e. The van der Waals surface area contributed by atoms with E-state index in [-0.39, 0.29) is 5.41 Å². The van der Waals surface area contributed by atoms with Crippen molar-refractivity contribution < 1.29 is 0 Å². The van der Waals surface area contributed by atoms with Crippen molar-refractivity contribution >= 4 is 11.3 Å². The third-order valence-electron chi connectivity index (χ3n) is 3.27. The van der Waals surface area contributed by atoms with E-state index in [0.717, 1.165) is 24.3 Å². The average Bonchev–Trinajstić information content (AvgIpc) is 2.64. The van der Waals surface area contributed by atoms with Crippen LogP contribution in [0, 0.1) is 16.7 Å². The summed E-state index contributed by atoms with van der Waals surface area (Å²) in [5.74, 6) is 0. The van der Waals surface area contributed by atoms with Gasteiger partial charge in [-0.25, -0.2) is 4.98 Å². The Bertz CT molecular complexity index is 329. The van der Waals surface area contributed by atoms with E-state index >= 15 is 0 Å². The molecule has 0 atom stereocenters. The zero-order valence-corrected chi connectivity index (χ0v) is 9.72. The van der Waals surface area contributed by atoms with Crippen LogP contribution < -0.4 is 0 Å². The molecule has 0 spiro atoms. The minimum Gasteiger partial charge on any atom is -0.250 e. The number of rotatable bonds is 2. The Morgan fingerprint density at radius 3 is 2.60 bits per heavy atom. The first-order valence-corrected chi connectivity index (χ1v) is 6.52. The van der Waals surface area contributed by atoms with Crippen LogP contribution in [0.4, 0.5) is 0 Å². The maximum atomic E-state index is 9.39. The van der Waals surface area contributed by atoms with E-state index in [4.69, 9.17) is 0 Å². The lowest BCUT2D eigenvalue weighted by molar-refractivity contribution is 0.338. The first-order chi connectivity index (χ1) is 7.35. The second-order valence-corrected chi connectivity index (χ2v) is 5.39. The highest BCUT2D eigenvalue weighted by Gasteiger charge is 2.31. The molecular weight excluding hydrogens is 204 g/mol. The molecule has 1 heterocycles. The fourth-order valence-electron chi connectivity index (χ4n) is 2.36. The molecule has 1 aromatic heterocycles. The summed E-state index contributed by atoms with van der Waals surface area (Å²) in [5, 5.41) is 12.5. The van der Waals surface area contributed by atoms with Gasteiger partial charge in [-0.05, 0) is 12.8 Å². The molecule has 1 fully saturated rings. The van der Waals surface area contributed by atoms with Gasteiger partial charge in [-0.15, -0.1) is 11.3 Å². The van der Waals surface area contributed by atoms with Gasteiger partial charge < -0.3 is 0 Å². The molecule has 15 heavy (non-hydrogen) atoms. The minimum atomic E-state index is -0.117. The second kappa shape index (κ2) is 4.76. The molecule has 0 unspecified atom stereocenters. The van der Waals surface area contributed by atoms with Gasteiger partial charge in [0.2, 0.25) is 0 Å². The minimum absolute atomic E-state index is 0.117. The molecule has 1 aromatic rings. The molecule has 0 amide bonds. The van der Waals surface area contributed by atoms with Gasteiger partial charge in [0.25, 0.3) is 0 Å². The van der Waals surface area contributed by atoms with Crippen LogP contribution in [-0.2, 0) is 6.42 Å². The van der Waals surface area contributed by atoms with Crippen LogP contribution in [-0.4, -0.2) is 4.98 Å². The fraction of sp³-hybridized carbons (Fsp3) is 0.667. The third-order valence-corrected chi connectivity index (χ3v) is 4.05. The molecule has 0 aliphatic heterocycles. The first kappa shape index (κ1) is 10.6. The molecule has 3 heteroatoms. The number of nitriles is 1. The zero-order valence-electron chi connectivity index (χ0n) is 8.91. The van der Waals surface area contributed by atoms with Crippen molar-refractivity contribution in [2.45, 2.75) is 44.9 Å². The van der Waals surface area contributed by atoms with Crippen LogP contribution in [0.2, 0.25) is 0 Å². The van der Waals surface area contributed by atoms with Crippen LogP contribution >= 0.6 is 11.3 Å². The van der Waals surface area contributed by atoms with Crippen LogP contribution in [0.25, 0.3) is 0 Å². The summed E-state index contributed by atoms with van der Waals surface area (Å²) in [4.78, 5) is 4.30. The number of hydrogen-bond donors (Lipinski definition) is 0. The van der Waals surface area contributed by atoms with Crippen molar-refractivity contribution in [2.24, 2.45) is 5.41 Å². The normalized spacial score (nSPS) is 20.5. The molecule has 1 aliphatic rings. The van der Waals surface area contributed by atoms with Gasteiger partial charge in [-0.3, -0.25) is 0 Å². The predicted octanol–water partition coefficient (Wildman–Crippen LogP) is 3.55. The zero-order chi connectivity index (χ0) is 10.6. The van der Waals surface area contributed by atoms with Crippen LogP contribution in [0.3, 0.4) is 0 Å². The summed E-state index contributed by atoms with van der Waals surface area (Å²) < 4.78 is 0. The van der Waals surface area contributed by atoms with Crippen molar-refractivity contribution in [3.63, 3.8) is 0 Å². The largest absolute Gasteiger partial charge is 0.250 e. The van der Waals surface area contributed by atoms with Crippen LogP contribution in [0.1, 0.15) is 43.5 Å². The van der Waals surface area contributed by atoms with E-state index in [9.17, 15) is 5.26 Å². The van der Waals surface area contributed by atoms with E-state index in [2.05, 4.69) is 11.1 Å². The Hall–Kier alpha value is -0.880. The third kappa shape index (κ3) is 2.57. The summed E-state index contributed by atoms with van der Waals surface area (Å²) in [7, 11) is 0. The Balaban J connectivity index is 2.10. The van der Waals surface area contributed by atoms with Gasteiger partial charge in [-0.2, -0.15) is 5.26 Å². The highest BCUT2D eigenvalue weighted by Crippen LogP contribution is 2.37. The Kier molecular flexibility index (Phi) is 3.37. The van der Waals surface area contributed by atoms with E-state index in [1.807, 2.05) is 11.6 Å². The van der Waals surface area contributed by atoms with Gasteiger partial charge in [0.05, 0.1) is 16.5 Å². The average molecular weight is 220 g/mol. The molecule has 2 nitrogen and oxygen atoms in total. The van der Waals surface area contributed by atoms with Crippen molar-refractivity contribution in [2.75, 3.05) is 0 Å². The van der Waals surface area contributed by atoms with Crippen molar-refractivity contribution in [3.8, 4) is 6.07 Å². The predicted molar refractivity (Wildman–Crippen MR) is 61.6 cm³/mol. The molecule has 1 saturated carbocycles. The highest BCUT2D eigenvalue weighted by atomic mass is 32.1. The van der Waals surface area contributed by atoms with Crippen molar-refractivity contribution in [1.82, 2.24) is 4.98 Å². The molecule has 0 saturated heterocycles. The Morgan fingerprint density at radius 1 is 1.33 bits per heavy atom. The number of thiazole rings is 1. The van der Waals surface area contributed by atoms with E-state index in [0.29, 0.717) is 0 Å². The van der Waals surface area contributed by atoms with Crippen molar-refractivity contribution in [1.29, 1.82) is 5.26 Å². The summed E-state index contributed by atoms with van der Waals surface area (Å²) in [5.41, 5.74) is -0.117. The number of nitrogens with zero attached hydrogens (tertiary/aromatic N) is 2. The fourth-order valence-corrected chi connectivity index (χ4v) is 3.12. The van der Waals surface area contributed by atoms with E-state index in [1.54, 1.807) is 11.3 Å². The quantitative estimate of drug-likeness (QED) is 0.715. The molecular formula is C12H16N2S. The lowest BCUT2D eigenvalue weighted by Crippen LogP contribution is -2.20. The Labute approximate surface area is 95.0 Å². The summed E-state index contributed by atoms with van der Waals surface area (Å²) in [6, 6.07) is 2.56. The van der Waals surface area contributed by atoms with Gasteiger partial charge >= 0.3 is 0 Å². The molecule has 0 N–H and O–H groups in total. The van der Waals surface area contributed by atoms with Gasteiger partial charge in [-0.1, -0.05) is 25.7 Å². The molecule has 2 rings (SSSR count). The van der Waals surface area contributed by atoms with Gasteiger partial charge in [0.1, 0.15) is 0 Å². The highest BCUT2D eigenvalue weighted by molar-refractivity contribution is 7.09. The van der Waals surface area contributed by atoms with Crippen LogP contribution in [0.15, 0.2) is 11.6 Å². The van der Waals surface area contributed by atoms with Gasteiger partial charge in [0, 0.05) is 18.0 Å². The van der Waals surface area contributed by atoms with E-state index < -0.39 is 0 Å². The standard InChI is InChI=1S/C12H16N2S/c13-10-12(5-3-1-2-4-6-12)9-11-14-7-8-15-11/h7-8H,1-6,9H2. The lowest BCUT2D eigenvalue weighted by atomic mass is 9.79. The van der Waals surface area contributed by atoms with Gasteiger partial charge in [0.15, 0.2) is 0 Å². The Morgan fingerprint density at radius 2 is 2.07 bits per heavy atom. The monoisotopic (exact) mass is 220 g/mol. The van der Waals surface area contributed by atoms with Crippen molar-refractivity contribution in [3.05, 3.63) is 16.6 Å². The topological polar surface area (TPSA) is 36.7 Å². The van der Waals surface area contributed by atoms with Crippen LogP contribution in [0.5, 0.6) is 0 Å². The molecule has 0 aromatic carbocycles. The molecule has 0 bridgehead atoms. The molecule has 0 radical (unpaired) electrons. The van der Waals surface area contributed by atoms with E-state index in [1.165, 1.54) is 25.7 Å². The summed E-state index contributed by atoms with van der Waals surface area (Å²) in [6.07, 6.45) is 9.82. The lowest BCUT2D eigenvalue weighted by Gasteiger charge is -2.23. The summed E-state index contributed by atoms with van der Waals surface area (Å²) >= 11 is 1.68. The summed E-state index contributed by atoms with van der Waals surface area (Å²) in [6.45, 7) is 0. The molecule has 1 aliphatic carbocycles. The SMILES string of the molecule is N#CC1(Cc2nccs2)CCCCCC1.